The van der Waals surface area contributed by atoms with E-state index in [0.29, 0.717) is 11.6 Å². The van der Waals surface area contributed by atoms with Gasteiger partial charge in [0.15, 0.2) is 0 Å². The van der Waals surface area contributed by atoms with Crippen molar-refractivity contribution >= 4 is 5.91 Å². The molecule has 0 radical (unpaired) electrons. The highest BCUT2D eigenvalue weighted by Crippen LogP contribution is 2.23. The zero-order valence-electron chi connectivity index (χ0n) is 11.3. The lowest BCUT2D eigenvalue weighted by Gasteiger charge is -2.24. The SMILES string of the molecule is CC(O)(CNC(=O)c1ccncc1)c1ccc(F)cc1F. The molecule has 21 heavy (non-hydrogen) atoms. The van der Waals surface area contributed by atoms with Gasteiger partial charge in [-0.2, -0.15) is 0 Å². The zero-order chi connectivity index (χ0) is 15.5. The molecule has 0 fully saturated rings. The summed E-state index contributed by atoms with van der Waals surface area (Å²) in [5, 5.41) is 12.8. The van der Waals surface area contributed by atoms with E-state index < -0.39 is 23.1 Å². The summed E-state index contributed by atoms with van der Waals surface area (Å²) in [6, 6.07) is 5.93. The summed E-state index contributed by atoms with van der Waals surface area (Å²) < 4.78 is 26.5. The Morgan fingerprint density at radius 3 is 2.57 bits per heavy atom. The number of amides is 1. The predicted molar refractivity (Wildman–Crippen MR) is 72.5 cm³/mol. The number of aliphatic hydroxyl groups is 1. The number of nitrogens with zero attached hydrogens (tertiary/aromatic N) is 1. The van der Waals surface area contributed by atoms with Gasteiger partial charge in [0.25, 0.3) is 5.91 Å². The van der Waals surface area contributed by atoms with Gasteiger partial charge in [-0.1, -0.05) is 6.07 Å². The predicted octanol–water partition coefficient (Wildman–Crippen LogP) is 2.00. The van der Waals surface area contributed by atoms with E-state index in [0.717, 1.165) is 12.1 Å². The molecule has 2 aromatic rings. The van der Waals surface area contributed by atoms with Gasteiger partial charge in [0.2, 0.25) is 0 Å². The van der Waals surface area contributed by atoms with Gasteiger partial charge in [-0.05, 0) is 25.1 Å². The number of nitrogens with one attached hydrogen (secondary N) is 1. The monoisotopic (exact) mass is 292 g/mol. The summed E-state index contributed by atoms with van der Waals surface area (Å²) >= 11 is 0. The van der Waals surface area contributed by atoms with Gasteiger partial charge in [0.05, 0.1) is 6.54 Å². The van der Waals surface area contributed by atoms with Crippen molar-refractivity contribution in [2.75, 3.05) is 6.54 Å². The third-order valence-electron chi connectivity index (χ3n) is 3.05. The van der Waals surface area contributed by atoms with E-state index >= 15 is 0 Å². The van der Waals surface area contributed by atoms with Crippen molar-refractivity contribution in [3.8, 4) is 0 Å². The molecule has 1 aromatic heterocycles. The van der Waals surface area contributed by atoms with Crippen molar-refractivity contribution in [2.45, 2.75) is 12.5 Å². The van der Waals surface area contributed by atoms with Crippen molar-refractivity contribution in [3.63, 3.8) is 0 Å². The van der Waals surface area contributed by atoms with Crippen LogP contribution in [0.3, 0.4) is 0 Å². The van der Waals surface area contributed by atoms with Crippen molar-refractivity contribution in [3.05, 3.63) is 65.5 Å². The zero-order valence-corrected chi connectivity index (χ0v) is 11.3. The van der Waals surface area contributed by atoms with Crippen LogP contribution in [0.5, 0.6) is 0 Å². The van der Waals surface area contributed by atoms with Crippen molar-refractivity contribution < 1.29 is 18.7 Å². The fourth-order valence-corrected chi connectivity index (χ4v) is 1.88. The van der Waals surface area contributed by atoms with E-state index in [9.17, 15) is 18.7 Å². The molecule has 1 aromatic carbocycles. The summed E-state index contributed by atoms with van der Waals surface area (Å²) in [5.41, 5.74) is -1.36. The first kappa shape index (κ1) is 15.1. The maximum Gasteiger partial charge on any atom is 0.251 e. The lowest BCUT2D eigenvalue weighted by atomic mass is 9.95. The van der Waals surface area contributed by atoms with E-state index in [1.54, 1.807) is 0 Å². The molecule has 4 nitrogen and oxygen atoms in total. The Balaban J connectivity index is 2.09. The fraction of sp³-hybridized carbons (Fsp3) is 0.200. The van der Waals surface area contributed by atoms with Crippen LogP contribution in [0.1, 0.15) is 22.8 Å². The van der Waals surface area contributed by atoms with E-state index in [1.165, 1.54) is 31.5 Å². The fourth-order valence-electron chi connectivity index (χ4n) is 1.88. The van der Waals surface area contributed by atoms with Crippen LogP contribution in [-0.2, 0) is 5.60 Å². The molecule has 0 aliphatic heterocycles. The smallest absolute Gasteiger partial charge is 0.251 e. The molecule has 110 valence electrons. The van der Waals surface area contributed by atoms with Gasteiger partial charge >= 0.3 is 0 Å². The highest BCUT2D eigenvalue weighted by Gasteiger charge is 2.27. The Morgan fingerprint density at radius 2 is 1.95 bits per heavy atom. The average Bonchev–Trinajstić information content (AvgIpc) is 2.45. The van der Waals surface area contributed by atoms with Crippen LogP contribution in [0, 0.1) is 11.6 Å². The Hall–Kier alpha value is -2.34. The molecule has 2 rings (SSSR count). The summed E-state index contributed by atoms with van der Waals surface area (Å²) in [5.74, 6) is -2.01. The largest absolute Gasteiger partial charge is 0.383 e. The molecular weight excluding hydrogens is 278 g/mol. The molecule has 0 bridgehead atoms. The van der Waals surface area contributed by atoms with E-state index in [2.05, 4.69) is 10.3 Å². The first-order valence-electron chi connectivity index (χ1n) is 6.26. The minimum atomic E-state index is -1.65. The maximum atomic E-state index is 13.7. The molecular formula is C15H14F2N2O2. The molecule has 1 atom stereocenters. The molecule has 6 heteroatoms. The molecule has 1 amide bonds. The van der Waals surface area contributed by atoms with Gasteiger partial charge < -0.3 is 10.4 Å². The highest BCUT2D eigenvalue weighted by atomic mass is 19.1. The molecule has 0 aliphatic carbocycles. The molecule has 1 heterocycles. The Bertz CT molecular complexity index is 645. The van der Waals surface area contributed by atoms with E-state index in [-0.39, 0.29) is 12.1 Å². The van der Waals surface area contributed by atoms with E-state index in [1.807, 2.05) is 0 Å². The minimum Gasteiger partial charge on any atom is -0.383 e. The van der Waals surface area contributed by atoms with Gasteiger partial charge in [-0.3, -0.25) is 9.78 Å². The summed E-state index contributed by atoms with van der Waals surface area (Å²) in [7, 11) is 0. The van der Waals surface area contributed by atoms with Crippen LogP contribution in [-0.4, -0.2) is 22.5 Å². The van der Waals surface area contributed by atoms with E-state index in [4.69, 9.17) is 0 Å². The number of carbonyl (C=O) groups is 1. The topological polar surface area (TPSA) is 62.2 Å². The average molecular weight is 292 g/mol. The standard InChI is InChI=1S/C15H14F2N2O2/c1-15(21,12-3-2-11(16)8-13(12)17)9-19-14(20)10-4-6-18-7-5-10/h2-8,21H,9H2,1H3,(H,19,20). The lowest BCUT2D eigenvalue weighted by Crippen LogP contribution is -2.39. The number of hydrogen-bond acceptors (Lipinski definition) is 3. The molecule has 1 unspecified atom stereocenters. The summed E-state index contributed by atoms with van der Waals surface area (Å²) in [6.07, 6.45) is 2.93. The second-order valence-corrected chi connectivity index (χ2v) is 4.82. The highest BCUT2D eigenvalue weighted by molar-refractivity contribution is 5.94. The third kappa shape index (κ3) is 3.61. The van der Waals surface area contributed by atoms with Gasteiger partial charge in [-0.25, -0.2) is 8.78 Å². The van der Waals surface area contributed by atoms with Gasteiger partial charge in [0, 0.05) is 29.6 Å². The first-order chi connectivity index (χ1) is 9.90. The van der Waals surface area contributed by atoms with Gasteiger partial charge in [-0.15, -0.1) is 0 Å². The molecule has 0 aliphatic rings. The number of aromatic nitrogens is 1. The molecule has 0 saturated heterocycles. The number of pyridine rings is 1. The number of rotatable bonds is 4. The van der Waals surface area contributed by atoms with Crippen LogP contribution in [0.25, 0.3) is 0 Å². The second kappa shape index (κ2) is 5.97. The number of hydrogen-bond donors (Lipinski definition) is 2. The molecule has 0 spiro atoms. The lowest BCUT2D eigenvalue weighted by molar-refractivity contribution is 0.0494. The van der Waals surface area contributed by atoms with Crippen LogP contribution in [0.2, 0.25) is 0 Å². The van der Waals surface area contributed by atoms with Crippen molar-refractivity contribution in [1.82, 2.24) is 10.3 Å². The first-order valence-corrected chi connectivity index (χ1v) is 6.26. The molecule has 0 saturated carbocycles. The Morgan fingerprint density at radius 1 is 1.29 bits per heavy atom. The van der Waals surface area contributed by atoms with Crippen molar-refractivity contribution in [2.24, 2.45) is 0 Å². The second-order valence-electron chi connectivity index (χ2n) is 4.82. The normalized spacial score (nSPS) is 13.5. The van der Waals surface area contributed by atoms with Crippen molar-refractivity contribution in [1.29, 1.82) is 0 Å². The third-order valence-corrected chi connectivity index (χ3v) is 3.05. The quantitative estimate of drug-likeness (QED) is 0.906. The summed E-state index contributed by atoms with van der Waals surface area (Å²) in [4.78, 5) is 15.6. The van der Waals surface area contributed by atoms with Crippen LogP contribution in [0.15, 0.2) is 42.7 Å². The number of carbonyl (C=O) groups excluding carboxylic acids is 1. The van der Waals surface area contributed by atoms with Crippen LogP contribution in [0.4, 0.5) is 8.78 Å². The maximum absolute atomic E-state index is 13.7. The Kier molecular flexibility index (Phi) is 4.28. The molecule has 2 N–H and O–H groups in total. The van der Waals surface area contributed by atoms with Crippen LogP contribution >= 0.6 is 0 Å². The number of benzene rings is 1. The van der Waals surface area contributed by atoms with Gasteiger partial charge in [0.1, 0.15) is 17.2 Å². The number of halogens is 2. The minimum absolute atomic E-state index is 0.0843. The summed E-state index contributed by atoms with van der Waals surface area (Å²) in [6.45, 7) is 1.13. The van der Waals surface area contributed by atoms with Crippen LogP contribution < -0.4 is 5.32 Å². The Labute approximate surface area is 120 Å².